The summed E-state index contributed by atoms with van der Waals surface area (Å²) >= 11 is 0. The summed E-state index contributed by atoms with van der Waals surface area (Å²) in [4.78, 5) is 13.5. The van der Waals surface area contributed by atoms with Crippen LogP contribution in [-0.2, 0) is 0 Å². The maximum atomic E-state index is 13.1. The van der Waals surface area contributed by atoms with E-state index in [2.05, 4.69) is 10.4 Å². The molecule has 8 heteroatoms. The van der Waals surface area contributed by atoms with Crippen molar-refractivity contribution in [3.05, 3.63) is 78.1 Å². The van der Waals surface area contributed by atoms with E-state index in [1.807, 2.05) is 30.3 Å². The number of rotatable bonds is 3. The molecule has 138 valence electrons. The van der Waals surface area contributed by atoms with Gasteiger partial charge in [0.15, 0.2) is 0 Å². The van der Waals surface area contributed by atoms with E-state index in [9.17, 15) is 18.0 Å². The summed E-state index contributed by atoms with van der Waals surface area (Å²) in [7, 11) is 0. The van der Waals surface area contributed by atoms with Crippen molar-refractivity contribution in [1.29, 1.82) is 0 Å². The van der Waals surface area contributed by atoms with E-state index in [4.69, 9.17) is 0 Å². The summed E-state index contributed by atoms with van der Waals surface area (Å²) < 4.78 is 40.9. The summed E-state index contributed by atoms with van der Waals surface area (Å²) in [5.41, 5.74) is 1.95. The standard InChI is InChI=1S/C19H15F3N4O/c20-19(21,22)12-25-17(24-16-9-5-4-8-15(16)18(25)27)13-10-23-26(11-13)14-6-2-1-3-7-14/h1-11,17,24H,12H2/t17-/m1/s1. The van der Waals surface area contributed by atoms with Gasteiger partial charge in [0.05, 0.1) is 17.4 Å². The van der Waals surface area contributed by atoms with Crippen molar-refractivity contribution < 1.29 is 18.0 Å². The number of carbonyl (C=O) groups excluding carboxylic acids is 1. The number of halogens is 3. The van der Waals surface area contributed by atoms with Crippen LogP contribution in [0.2, 0.25) is 0 Å². The molecule has 1 aliphatic heterocycles. The summed E-state index contributed by atoms with van der Waals surface area (Å²) in [5, 5.41) is 7.26. The number of alkyl halides is 3. The Labute approximate surface area is 153 Å². The van der Waals surface area contributed by atoms with Gasteiger partial charge in [0.25, 0.3) is 5.91 Å². The van der Waals surface area contributed by atoms with Crippen molar-refractivity contribution in [3.8, 4) is 5.69 Å². The Morgan fingerprint density at radius 2 is 1.74 bits per heavy atom. The molecule has 1 aromatic heterocycles. The highest BCUT2D eigenvalue weighted by atomic mass is 19.4. The fourth-order valence-electron chi connectivity index (χ4n) is 3.11. The third-order valence-corrected chi connectivity index (χ3v) is 4.31. The van der Waals surface area contributed by atoms with E-state index in [1.165, 1.54) is 12.3 Å². The minimum Gasteiger partial charge on any atom is -0.361 e. The molecule has 1 amide bonds. The molecule has 2 aromatic carbocycles. The predicted octanol–water partition coefficient (Wildman–Crippen LogP) is 4.00. The number of carbonyl (C=O) groups is 1. The fourth-order valence-corrected chi connectivity index (χ4v) is 3.11. The number of amides is 1. The van der Waals surface area contributed by atoms with Crippen LogP contribution in [0.5, 0.6) is 0 Å². The Balaban J connectivity index is 1.73. The number of anilines is 1. The number of aromatic nitrogens is 2. The zero-order valence-electron chi connectivity index (χ0n) is 14.0. The summed E-state index contributed by atoms with van der Waals surface area (Å²) in [6, 6.07) is 15.7. The van der Waals surface area contributed by atoms with E-state index >= 15 is 0 Å². The molecule has 0 bridgehead atoms. The molecule has 0 saturated carbocycles. The lowest BCUT2D eigenvalue weighted by Gasteiger charge is -2.37. The van der Waals surface area contributed by atoms with Crippen LogP contribution in [0.25, 0.3) is 5.69 Å². The largest absolute Gasteiger partial charge is 0.406 e. The Morgan fingerprint density at radius 3 is 2.48 bits per heavy atom. The lowest BCUT2D eigenvalue weighted by atomic mass is 10.1. The second kappa shape index (κ2) is 6.46. The van der Waals surface area contributed by atoms with Gasteiger partial charge < -0.3 is 10.2 Å². The van der Waals surface area contributed by atoms with Gasteiger partial charge in [-0.3, -0.25) is 4.79 Å². The molecule has 2 heterocycles. The SMILES string of the molecule is O=C1c2ccccc2N[C@@H](c2cnn(-c3ccccc3)c2)N1CC(F)(F)F. The van der Waals surface area contributed by atoms with Crippen molar-refractivity contribution >= 4 is 11.6 Å². The van der Waals surface area contributed by atoms with E-state index < -0.39 is 24.8 Å². The molecule has 0 fully saturated rings. The number of benzene rings is 2. The Kier molecular flexibility index (Phi) is 4.10. The van der Waals surface area contributed by atoms with E-state index in [0.717, 1.165) is 10.6 Å². The van der Waals surface area contributed by atoms with Gasteiger partial charge in [-0.1, -0.05) is 30.3 Å². The first-order valence-corrected chi connectivity index (χ1v) is 8.26. The smallest absolute Gasteiger partial charge is 0.361 e. The maximum absolute atomic E-state index is 13.1. The Morgan fingerprint density at radius 1 is 1.04 bits per heavy atom. The Bertz CT molecular complexity index is 968. The van der Waals surface area contributed by atoms with Gasteiger partial charge in [0.2, 0.25) is 0 Å². The lowest BCUT2D eigenvalue weighted by molar-refractivity contribution is -0.144. The zero-order valence-corrected chi connectivity index (χ0v) is 14.0. The number of fused-ring (bicyclic) bond motifs is 1. The van der Waals surface area contributed by atoms with Crippen LogP contribution in [-0.4, -0.2) is 33.3 Å². The quantitative estimate of drug-likeness (QED) is 0.756. The van der Waals surface area contributed by atoms with Crippen molar-refractivity contribution in [2.24, 2.45) is 0 Å². The third-order valence-electron chi connectivity index (χ3n) is 4.31. The first kappa shape index (κ1) is 17.1. The average Bonchev–Trinajstić information content (AvgIpc) is 3.14. The number of hydrogen-bond acceptors (Lipinski definition) is 3. The summed E-state index contributed by atoms with van der Waals surface area (Å²) in [5.74, 6) is -0.667. The molecule has 1 N–H and O–H groups in total. The zero-order chi connectivity index (χ0) is 19.0. The van der Waals surface area contributed by atoms with Crippen LogP contribution < -0.4 is 5.32 Å². The molecule has 0 aliphatic carbocycles. The van der Waals surface area contributed by atoms with Gasteiger partial charge in [-0.15, -0.1) is 0 Å². The minimum absolute atomic E-state index is 0.216. The number of para-hydroxylation sites is 2. The molecule has 0 saturated heterocycles. The van der Waals surface area contributed by atoms with Crippen LogP contribution in [0.1, 0.15) is 22.1 Å². The number of nitrogens with one attached hydrogen (secondary N) is 1. The normalized spacial score (nSPS) is 16.8. The van der Waals surface area contributed by atoms with E-state index in [1.54, 1.807) is 29.1 Å². The van der Waals surface area contributed by atoms with Gasteiger partial charge in [-0.2, -0.15) is 18.3 Å². The van der Waals surface area contributed by atoms with Gasteiger partial charge >= 0.3 is 6.18 Å². The van der Waals surface area contributed by atoms with Crippen molar-refractivity contribution in [2.45, 2.75) is 12.3 Å². The molecular weight excluding hydrogens is 357 g/mol. The van der Waals surface area contributed by atoms with Crippen molar-refractivity contribution in [2.75, 3.05) is 11.9 Å². The predicted molar refractivity (Wildman–Crippen MR) is 93.5 cm³/mol. The van der Waals surface area contributed by atoms with Crippen LogP contribution >= 0.6 is 0 Å². The van der Waals surface area contributed by atoms with Gasteiger partial charge in [-0.25, -0.2) is 4.68 Å². The second-order valence-electron chi connectivity index (χ2n) is 6.19. The molecule has 3 aromatic rings. The lowest BCUT2D eigenvalue weighted by Crippen LogP contribution is -2.47. The number of hydrogen-bond donors (Lipinski definition) is 1. The monoisotopic (exact) mass is 372 g/mol. The molecule has 1 atom stereocenters. The second-order valence-corrected chi connectivity index (χ2v) is 6.19. The Hall–Kier alpha value is -3.29. The van der Waals surface area contributed by atoms with E-state index in [0.29, 0.717) is 11.3 Å². The minimum atomic E-state index is -4.52. The van der Waals surface area contributed by atoms with Crippen LogP contribution in [0.15, 0.2) is 67.0 Å². The van der Waals surface area contributed by atoms with Gasteiger partial charge in [0.1, 0.15) is 12.7 Å². The van der Waals surface area contributed by atoms with Crippen LogP contribution in [0.4, 0.5) is 18.9 Å². The van der Waals surface area contributed by atoms with Gasteiger partial charge in [-0.05, 0) is 24.3 Å². The molecule has 0 unspecified atom stereocenters. The first-order valence-electron chi connectivity index (χ1n) is 8.26. The highest BCUT2D eigenvalue weighted by Crippen LogP contribution is 2.35. The van der Waals surface area contributed by atoms with Gasteiger partial charge in [0, 0.05) is 17.4 Å². The highest BCUT2D eigenvalue weighted by molar-refractivity contribution is 6.01. The molecule has 27 heavy (non-hydrogen) atoms. The molecule has 1 aliphatic rings. The number of nitrogens with zero attached hydrogens (tertiary/aromatic N) is 3. The summed E-state index contributed by atoms with van der Waals surface area (Å²) in [6.07, 6.45) is -2.39. The topological polar surface area (TPSA) is 50.2 Å². The highest BCUT2D eigenvalue weighted by Gasteiger charge is 2.41. The average molecular weight is 372 g/mol. The maximum Gasteiger partial charge on any atom is 0.406 e. The third kappa shape index (κ3) is 3.38. The molecule has 5 nitrogen and oxygen atoms in total. The summed E-state index contributed by atoms with van der Waals surface area (Å²) in [6.45, 7) is -1.35. The molecule has 0 spiro atoms. The first-order chi connectivity index (χ1) is 12.9. The van der Waals surface area contributed by atoms with Crippen molar-refractivity contribution in [3.63, 3.8) is 0 Å². The molecule has 0 radical (unpaired) electrons. The van der Waals surface area contributed by atoms with Crippen molar-refractivity contribution in [1.82, 2.24) is 14.7 Å². The molecule has 4 rings (SSSR count). The van der Waals surface area contributed by atoms with E-state index in [-0.39, 0.29) is 5.56 Å². The van der Waals surface area contributed by atoms with Crippen LogP contribution in [0.3, 0.4) is 0 Å². The fraction of sp³-hybridized carbons (Fsp3) is 0.158. The molecular formula is C19H15F3N4O. The van der Waals surface area contributed by atoms with Crippen LogP contribution in [0, 0.1) is 0 Å².